The van der Waals surface area contributed by atoms with Gasteiger partial charge in [-0.15, -0.1) is 0 Å². The number of carbonyl (C=O) groups excluding carboxylic acids is 1. The zero-order chi connectivity index (χ0) is 25.8. The number of piperazine rings is 1. The van der Waals surface area contributed by atoms with Gasteiger partial charge in [-0.05, 0) is 29.3 Å². The number of hydrogen-bond donors (Lipinski definition) is 3. The molecule has 1 atom stereocenters. The van der Waals surface area contributed by atoms with Crippen LogP contribution in [0.2, 0.25) is 0 Å². The average molecular weight is 519 g/mol. The van der Waals surface area contributed by atoms with Gasteiger partial charge in [0, 0.05) is 70.3 Å². The van der Waals surface area contributed by atoms with Crippen LogP contribution in [0.5, 0.6) is 5.75 Å². The molecule has 0 bridgehead atoms. The predicted molar refractivity (Wildman–Crippen MR) is 134 cm³/mol. The topological polar surface area (TPSA) is 124 Å². The number of hydrogen-bond acceptors (Lipinski definition) is 7. The van der Waals surface area contributed by atoms with Crippen LogP contribution < -0.4 is 20.4 Å². The number of ether oxygens (including phenoxy) is 1. The number of anilines is 1. The molecule has 0 spiro atoms. The summed E-state index contributed by atoms with van der Waals surface area (Å²) < 4.78 is 48.3. The van der Waals surface area contributed by atoms with Crippen LogP contribution in [0, 0.1) is 5.82 Å². The number of benzene rings is 2. The molecule has 4 rings (SSSR count). The Balaban J connectivity index is 1.78. The van der Waals surface area contributed by atoms with Crippen molar-refractivity contribution in [2.75, 3.05) is 45.0 Å². The van der Waals surface area contributed by atoms with E-state index in [1.165, 1.54) is 29.2 Å². The van der Waals surface area contributed by atoms with Crippen LogP contribution in [0.25, 0.3) is 11.0 Å². The van der Waals surface area contributed by atoms with Crippen molar-refractivity contribution in [1.82, 2.24) is 15.1 Å². The molecule has 1 unspecified atom stereocenters. The van der Waals surface area contributed by atoms with Gasteiger partial charge in [0.25, 0.3) is 11.3 Å². The molecule has 2 heterocycles. The van der Waals surface area contributed by atoms with E-state index in [0.717, 1.165) is 26.2 Å². The Morgan fingerprint density at radius 1 is 1.25 bits per heavy atom. The third kappa shape index (κ3) is 5.90. The molecule has 0 saturated carbocycles. The minimum absolute atomic E-state index is 0.0729. The van der Waals surface area contributed by atoms with Gasteiger partial charge < -0.3 is 19.4 Å². The highest BCUT2D eigenvalue weighted by molar-refractivity contribution is 7.80. The maximum Gasteiger partial charge on any atom is 0.414 e. The Morgan fingerprint density at radius 3 is 2.69 bits per heavy atom. The summed E-state index contributed by atoms with van der Waals surface area (Å²) in [5.74, 6) is -0.495. The molecule has 10 nitrogen and oxygen atoms in total. The molecule has 0 radical (unpaired) electrons. The molecule has 2 aromatic carbocycles. The third-order valence-electron chi connectivity index (χ3n) is 5.90. The van der Waals surface area contributed by atoms with Crippen molar-refractivity contribution in [3.8, 4) is 5.75 Å². The van der Waals surface area contributed by atoms with Crippen LogP contribution in [-0.4, -0.2) is 64.9 Å². The molecule has 1 saturated heterocycles. The lowest BCUT2D eigenvalue weighted by Gasteiger charge is -2.28. The van der Waals surface area contributed by atoms with Crippen molar-refractivity contribution in [2.45, 2.75) is 13.0 Å². The highest BCUT2D eigenvalue weighted by Gasteiger charge is 2.22. The lowest BCUT2D eigenvalue weighted by molar-refractivity contribution is 0.172. The summed E-state index contributed by atoms with van der Waals surface area (Å²) in [7, 11) is 3.12. The van der Waals surface area contributed by atoms with Crippen LogP contribution in [0.3, 0.4) is 0 Å². The standard InChI is InChI=1S/C24H27FN4O6S/c1-28(2)24(31)34-16-6-7-17-19(14-29-10-8-26-9-11-29)18(23(30)35-21(17)13-16)12-15-4-3-5-20(22(15)25)27-36(32)33/h3-7,13,26-27H,8-12,14H2,1-2H3,(H,32,33). The first-order valence-electron chi connectivity index (χ1n) is 11.3. The SMILES string of the molecule is CN(C)C(=O)Oc1ccc2c(CN3CCNCC3)c(Cc3cccc(NS(=O)O)c3F)c(=O)oc2c1. The number of nitrogens with zero attached hydrogens (tertiary/aromatic N) is 2. The Kier molecular flexibility index (Phi) is 7.99. The van der Waals surface area contributed by atoms with E-state index in [1.54, 1.807) is 26.2 Å². The molecule has 12 heteroatoms. The smallest absolute Gasteiger partial charge is 0.414 e. The Hall–Kier alpha value is -3.32. The minimum Gasteiger partial charge on any atom is -0.422 e. The van der Waals surface area contributed by atoms with Gasteiger partial charge in [-0.1, -0.05) is 12.1 Å². The van der Waals surface area contributed by atoms with E-state index in [1.807, 2.05) is 0 Å². The maximum absolute atomic E-state index is 15.1. The molecule has 36 heavy (non-hydrogen) atoms. The second kappa shape index (κ2) is 11.2. The van der Waals surface area contributed by atoms with Gasteiger partial charge in [-0.2, -0.15) is 0 Å². The molecule has 192 valence electrons. The van der Waals surface area contributed by atoms with Crippen molar-refractivity contribution in [3.05, 3.63) is 69.3 Å². The number of carbonyl (C=O) groups is 1. The molecule has 0 aliphatic carbocycles. The Labute approximate surface area is 209 Å². The van der Waals surface area contributed by atoms with Crippen LogP contribution in [-0.2, 0) is 24.2 Å². The lowest BCUT2D eigenvalue weighted by Crippen LogP contribution is -2.43. The fraction of sp³-hybridized carbons (Fsp3) is 0.333. The number of rotatable bonds is 7. The number of nitrogens with one attached hydrogen (secondary N) is 2. The fourth-order valence-electron chi connectivity index (χ4n) is 4.07. The van der Waals surface area contributed by atoms with E-state index in [9.17, 15) is 13.8 Å². The van der Waals surface area contributed by atoms with Crippen LogP contribution in [0.1, 0.15) is 16.7 Å². The molecule has 1 aliphatic rings. The fourth-order valence-corrected chi connectivity index (χ4v) is 4.42. The number of amides is 1. The molecule has 3 N–H and O–H groups in total. The average Bonchev–Trinajstić information content (AvgIpc) is 2.83. The van der Waals surface area contributed by atoms with Gasteiger partial charge in [-0.25, -0.2) is 18.2 Å². The molecular formula is C24H27FN4O6S. The predicted octanol–water partition coefficient (Wildman–Crippen LogP) is 2.54. The first kappa shape index (κ1) is 25.8. The van der Waals surface area contributed by atoms with Crippen molar-refractivity contribution in [1.29, 1.82) is 0 Å². The van der Waals surface area contributed by atoms with E-state index >= 15 is 4.39 Å². The van der Waals surface area contributed by atoms with Crippen molar-refractivity contribution >= 4 is 34.0 Å². The summed E-state index contributed by atoms with van der Waals surface area (Å²) >= 11 is -2.45. The van der Waals surface area contributed by atoms with E-state index in [2.05, 4.69) is 14.9 Å². The molecule has 1 amide bonds. The third-order valence-corrected chi connectivity index (χ3v) is 6.29. The summed E-state index contributed by atoms with van der Waals surface area (Å²) in [5.41, 5.74) is 0.638. The van der Waals surface area contributed by atoms with Crippen LogP contribution in [0.15, 0.2) is 45.6 Å². The van der Waals surface area contributed by atoms with Gasteiger partial charge in [0.15, 0.2) is 5.82 Å². The monoisotopic (exact) mass is 518 g/mol. The first-order chi connectivity index (χ1) is 17.2. The van der Waals surface area contributed by atoms with E-state index < -0.39 is 28.8 Å². The first-order valence-corrected chi connectivity index (χ1v) is 12.4. The normalized spacial score (nSPS) is 15.0. The second-order valence-corrected chi connectivity index (χ2v) is 9.30. The minimum atomic E-state index is -2.45. The van der Waals surface area contributed by atoms with Crippen LogP contribution in [0.4, 0.5) is 14.9 Å². The van der Waals surface area contributed by atoms with Crippen molar-refractivity contribution < 1.29 is 27.1 Å². The zero-order valence-corrected chi connectivity index (χ0v) is 20.7. The second-order valence-electron chi connectivity index (χ2n) is 8.60. The van der Waals surface area contributed by atoms with Crippen LogP contribution >= 0.6 is 0 Å². The van der Waals surface area contributed by atoms with E-state index in [4.69, 9.17) is 13.7 Å². The van der Waals surface area contributed by atoms with Gasteiger partial charge in [0.1, 0.15) is 11.3 Å². The number of fused-ring (bicyclic) bond motifs is 1. The highest BCUT2D eigenvalue weighted by atomic mass is 32.2. The summed E-state index contributed by atoms with van der Waals surface area (Å²) in [5, 5.41) is 3.94. The lowest BCUT2D eigenvalue weighted by atomic mass is 9.97. The zero-order valence-electron chi connectivity index (χ0n) is 19.9. The van der Waals surface area contributed by atoms with Gasteiger partial charge in [0.2, 0.25) is 0 Å². The molecule has 1 fully saturated rings. The molecule has 1 aromatic heterocycles. The molecule has 3 aromatic rings. The van der Waals surface area contributed by atoms with Gasteiger partial charge >= 0.3 is 11.7 Å². The van der Waals surface area contributed by atoms with Crippen molar-refractivity contribution in [2.24, 2.45) is 0 Å². The number of halogens is 1. The summed E-state index contributed by atoms with van der Waals surface area (Å²) in [6, 6.07) is 9.23. The summed E-state index contributed by atoms with van der Waals surface area (Å²) in [6.45, 7) is 3.60. The maximum atomic E-state index is 15.1. The summed E-state index contributed by atoms with van der Waals surface area (Å²) in [6.07, 6.45) is -0.640. The Morgan fingerprint density at radius 2 is 2.00 bits per heavy atom. The Bertz CT molecular complexity index is 1360. The van der Waals surface area contributed by atoms with Crippen molar-refractivity contribution in [3.63, 3.8) is 0 Å². The summed E-state index contributed by atoms with van der Waals surface area (Å²) in [4.78, 5) is 28.6. The van der Waals surface area contributed by atoms with Gasteiger partial charge in [0.05, 0.1) is 5.69 Å². The largest absolute Gasteiger partial charge is 0.422 e. The van der Waals surface area contributed by atoms with E-state index in [0.29, 0.717) is 23.1 Å². The molecular weight excluding hydrogens is 491 g/mol. The quantitative estimate of drug-likeness (QED) is 0.322. The molecule has 1 aliphatic heterocycles. The van der Waals surface area contributed by atoms with Gasteiger partial charge in [-0.3, -0.25) is 14.2 Å². The van der Waals surface area contributed by atoms with E-state index in [-0.39, 0.29) is 29.0 Å². The highest BCUT2D eigenvalue weighted by Crippen LogP contribution is 2.29.